The Morgan fingerprint density at radius 1 is 0.929 bits per heavy atom. The van der Waals surface area contributed by atoms with Gasteiger partial charge in [0.2, 0.25) is 0 Å². The minimum Gasteiger partial charge on any atom is -0.389 e. The summed E-state index contributed by atoms with van der Waals surface area (Å²) in [6.07, 6.45) is 14.4. The number of methoxy groups -OCH3 is 1. The van der Waals surface area contributed by atoms with Crippen molar-refractivity contribution in [2.75, 3.05) is 7.11 Å². The summed E-state index contributed by atoms with van der Waals surface area (Å²) < 4.78 is 5.93. The van der Waals surface area contributed by atoms with Gasteiger partial charge in [-0.2, -0.15) is 0 Å². The second kappa shape index (κ2) is 7.63. The lowest BCUT2D eigenvalue weighted by molar-refractivity contribution is -0.155. The molecule has 0 unspecified atom stereocenters. The number of rotatable bonds is 3. The average molecular weight is 387 g/mol. The molecule has 4 aliphatic rings. The van der Waals surface area contributed by atoms with E-state index in [0.717, 1.165) is 43.4 Å². The largest absolute Gasteiger partial charge is 0.389 e. The third-order valence-electron chi connectivity index (χ3n) is 9.94. The molecule has 2 nitrogen and oxygen atoms in total. The molecule has 4 saturated carbocycles. The van der Waals surface area contributed by atoms with Crippen molar-refractivity contribution < 1.29 is 9.84 Å². The molecule has 0 spiro atoms. The quantitative estimate of drug-likeness (QED) is 0.606. The van der Waals surface area contributed by atoms with Crippen molar-refractivity contribution in [1.82, 2.24) is 0 Å². The third kappa shape index (κ3) is 3.26. The van der Waals surface area contributed by atoms with Gasteiger partial charge >= 0.3 is 0 Å². The minimum absolute atomic E-state index is 0.406. The molecule has 158 valence electrons. The second-order valence-corrected chi connectivity index (χ2v) is 11.2. The summed E-state index contributed by atoms with van der Waals surface area (Å²) in [7, 11) is 1.92. The number of hydrogen-bond acceptors (Lipinski definition) is 2. The van der Waals surface area contributed by atoms with Crippen LogP contribution in [0.3, 0.4) is 0 Å². The lowest BCUT2D eigenvalue weighted by Gasteiger charge is -2.62. The van der Waals surface area contributed by atoms with Crippen LogP contribution in [0.15, 0.2) is 0 Å². The van der Waals surface area contributed by atoms with Crippen LogP contribution in [-0.4, -0.2) is 23.9 Å². The summed E-state index contributed by atoms with van der Waals surface area (Å²) in [5.41, 5.74) is 0.303. The van der Waals surface area contributed by atoms with Gasteiger partial charge in [0, 0.05) is 20.0 Å². The summed E-state index contributed by atoms with van der Waals surface area (Å²) in [5, 5.41) is 11.3. The average Bonchev–Trinajstić information content (AvgIpc) is 3.02. The van der Waals surface area contributed by atoms with E-state index in [9.17, 15) is 5.11 Å². The van der Waals surface area contributed by atoms with Gasteiger partial charge in [0.05, 0.1) is 11.7 Å². The molecule has 4 fully saturated rings. The normalized spacial score (nSPS) is 50.1. The van der Waals surface area contributed by atoms with E-state index in [0.29, 0.717) is 29.3 Å². The minimum atomic E-state index is -0.532. The monoisotopic (exact) mass is 386 g/mol. The molecular formula is C26H42O2. The van der Waals surface area contributed by atoms with E-state index in [-0.39, 0.29) is 0 Å². The molecule has 4 rings (SSSR count). The Hall–Kier alpha value is -0.520. The van der Waals surface area contributed by atoms with Gasteiger partial charge in [0.25, 0.3) is 0 Å². The molecule has 0 aromatic heterocycles. The van der Waals surface area contributed by atoms with E-state index in [2.05, 4.69) is 32.6 Å². The van der Waals surface area contributed by atoms with Crippen LogP contribution in [0, 0.1) is 46.3 Å². The fraction of sp³-hybridized carbons (Fsp3) is 0.923. The molecule has 0 heterocycles. The fourth-order valence-electron chi connectivity index (χ4n) is 8.26. The third-order valence-corrected chi connectivity index (χ3v) is 9.94. The van der Waals surface area contributed by atoms with Gasteiger partial charge in [-0.05, 0) is 98.7 Å². The molecule has 4 aliphatic carbocycles. The Bertz CT molecular complexity index is 632. The van der Waals surface area contributed by atoms with Crippen LogP contribution in [0.5, 0.6) is 0 Å². The second-order valence-electron chi connectivity index (χ2n) is 11.2. The highest BCUT2D eigenvalue weighted by atomic mass is 16.5. The summed E-state index contributed by atoms with van der Waals surface area (Å²) in [5.74, 6) is 9.83. The lowest BCUT2D eigenvalue weighted by atomic mass is 9.44. The molecule has 0 aromatic rings. The summed E-state index contributed by atoms with van der Waals surface area (Å²) >= 11 is 0. The van der Waals surface area contributed by atoms with Crippen molar-refractivity contribution in [3.63, 3.8) is 0 Å². The van der Waals surface area contributed by atoms with Crippen LogP contribution in [-0.2, 0) is 4.74 Å². The van der Waals surface area contributed by atoms with Crippen LogP contribution in [0.4, 0.5) is 0 Å². The number of ether oxygens (including phenoxy) is 1. The van der Waals surface area contributed by atoms with Crippen molar-refractivity contribution >= 4 is 0 Å². The number of fused-ring (bicyclic) bond motifs is 5. The van der Waals surface area contributed by atoms with Crippen LogP contribution < -0.4 is 0 Å². The zero-order valence-electron chi connectivity index (χ0n) is 18.7. The molecule has 8 atom stereocenters. The number of hydrogen-bond donors (Lipinski definition) is 1. The highest BCUT2D eigenvalue weighted by molar-refractivity contribution is 5.13. The first-order chi connectivity index (χ1) is 13.4. The van der Waals surface area contributed by atoms with Gasteiger partial charge in [-0.25, -0.2) is 0 Å². The smallest absolute Gasteiger partial charge is 0.0759 e. The van der Waals surface area contributed by atoms with Gasteiger partial charge in [-0.1, -0.05) is 20.8 Å². The molecular weight excluding hydrogens is 344 g/mol. The van der Waals surface area contributed by atoms with Gasteiger partial charge in [-0.3, -0.25) is 0 Å². The molecule has 0 aromatic carbocycles. The Morgan fingerprint density at radius 2 is 1.71 bits per heavy atom. The predicted octanol–water partition coefficient (Wildman–Crippen LogP) is 5.97. The zero-order valence-corrected chi connectivity index (χ0v) is 18.7. The standard InChI is InChI=1S/C26H42O2/c1-5-6-7-8-14-26(27)17-16-24(2)19(18-26)9-10-20-21-11-12-23(28-4)25(21,3)15-13-22(20)24/h19-23,27H,5-6,9-18H2,1-4H3/t19-,20+,21+,22+,23+,24+,25+,26-/m1/s1. The Morgan fingerprint density at radius 3 is 2.46 bits per heavy atom. The number of unbranched alkanes of at least 4 members (excludes halogenated alkanes) is 1. The molecule has 0 aliphatic heterocycles. The van der Waals surface area contributed by atoms with E-state index in [4.69, 9.17) is 4.74 Å². The van der Waals surface area contributed by atoms with Crippen molar-refractivity contribution in [2.45, 2.75) is 110 Å². The first-order valence-corrected chi connectivity index (χ1v) is 12.1. The molecule has 0 bridgehead atoms. The Kier molecular flexibility index (Phi) is 5.65. The molecule has 28 heavy (non-hydrogen) atoms. The van der Waals surface area contributed by atoms with Crippen molar-refractivity contribution in [2.24, 2.45) is 34.5 Å². The lowest BCUT2D eigenvalue weighted by Crippen LogP contribution is -2.56. The maximum Gasteiger partial charge on any atom is 0.0759 e. The topological polar surface area (TPSA) is 29.5 Å². The zero-order chi connectivity index (χ0) is 20.0. The maximum absolute atomic E-state index is 11.3. The van der Waals surface area contributed by atoms with Crippen LogP contribution >= 0.6 is 0 Å². The molecule has 2 heteroatoms. The van der Waals surface area contributed by atoms with Crippen LogP contribution in [0.1, 0.15) is 97.8 Å². The number of aliphatic hydroxyl groups is 1. The van der Waals surface area contributed by atoms with Gasteiger partial charge in [0.1, 0.15) is 0 Å². The summed E-state index contributed by atoms with van der Waals surface area (Å²) in [6.45, 7) is 7.28. The van der Waals surface area contributed by atoms with Crippen LogP contribution in [0.25, 0.3) is 0 Å². The maximum atomic E-state index is 11.3. The predicted molar refractivity (Wildman–Crippen MR) is 115 cm³/mol. The first-order valence-electron chi connectivity index (χ1n) is 12.1. The van der Waals surface area contributed by atoms with E-state index < -0.39 is 5.60 Å². The summed E-state index contributed by atoms with van der Waals surface area (Å²) in [6, 6.07) is 0. The Labute approximate surface area is 173 Å². The highest BCUT2D eigenvalue weighted by Gasteiger charge is 2.61. The molecule has 1 N–H and O–H groups in total. The van der Waals surface area contributed by atoms with E-state index in [1.165, 1.54) is 44.9 Å². The van der Waals surface area contributed by atoms with Crippen molar-refractivity contribution in [3.8, 4) is 11.8 Å². The van der Waals surface area contributed by atoms with Crippen molar-refractivity contribution in [3.05, 3.63) is 0 Å². The molecule has 0 radical (unpaired) electrons. The van der Waals surface area contributed by atoms with Gasteiger partial charge < -0.3 is 9.84 Å². The fourth-order valence-corrected chi connectivity index (χ4v) is 8.26. The van der Waals surface area contributed by atoms with Crippen LogP contribution in [0.2, 0.25) is 0 Å². The van der Waals surface area contributed by atoms with Crippen molar-refractivity contribution in [1.29, 1.82) is 0 Å². The Balaban J connectivity index is 1.48. The molecule has 0 amide bonds. The van der Waals surface area contributed by atoms with Gasteiger partial charge in [-0.15, -0.1) is 11.8 Å². The van der Waals surface area contributed by atoms with E-state index in [1.54, 1.807) is 0 Å². The van der Waals surface area contributed by atoms with E-state index >= 15 is 0 Å². The van der Waals surface area contributed by atoms with E-state index in [1.807, 2.05) is 7.11 Å². The summed E-state index contributed by atoms with van der Waals surface area (Å²) in [4.78, 5) is 0. The van der Waals surface area contributed by atoms with Gasteiger partial charge in [0.15, 0.2) is 0 Å². The highest BCUT2D eigenvalue weighted by Crippen LogP contribution is 2.67. The first kappa shape index (κ1) is 20.7. The SMILES string of the molecule is CCCC#CC[C@@]1(O)CC[C@@]2(C)[C@H](CC[C@@H]3[C@@H]2CC[C@]2(C)[C@@H](OC)CC[C@@H]32)C1. The molecule has 0 saturated heterocycles.